The van der Waals surface area contributed by atoms with E-state index in [-0.39, 0.29) is 6.09 Å². The predicted octanol–water partition coefficient (Wildman–Crippen LogP) is 3.46. The highest BCUT2D eigenvalue weighted by Crippen LogP contribution is 2.15. The molecule has 0 aliphatic heterocycles. The average Bonchev–Trinajstić information content (AvgIpc) is 2.12. The van der Waals surface area contributed by atoms with Gasteiger partial charge in [0, 0.05) is 13.0 Å². The van der Waals surface area contributed by atoms with Gasteiger partial charge in [0.2, 0.25) is 8.32 Å². The highest BCUT2D eigenvalue weighted by atomic mass is 28.4. The molecule has 0 aromatic carbocycles. The van der Waals surface area contributed by atoms with E-state index in [1.807, 2.05) is 24.2 Å². The summed E-state index contributed by atoms with van der Waals surface area (Å²) in [6, 6.07) is 0. The van der Waals surface area contributed by atoms with Crippen molar-refractivity contribution in [3.63, 3.8) is 0 Å². The molecule has 0 saturated carbocycles. The van der Waals surface area contributed by atoms with Gasteiger partial charge in [-0.25, -0.2) is 4.79 Å². The molecule has 0 atom stereocenters. The lowest BCUT2D eigenvalue weighted by Crippen LogP contribution is -2.52. The Morgan fingerprint density at radius 3 is 2.06 bits per heavy atom. The van der Waals surface area contributed by atoms with E-state index in [1.165, 1.54) is 0 Å². The maximum absolute atomic E-state index is 12.2. The van der Waals surface area contributed by atoms with Crippen LogP contribution in [0.1, 0.15) is 19.3 Å². The highest BCUT2D eigenvalue weighted by molar-refractivity contribution is 6.76. The van der Waals surface area contributed by atoms with Crippen LogP contribution >= 0.6 is 0 Å². The van der Waals surface area contributed by atoms with Crippen molar-refractivity contribution in [2.75, 3.05) is 6.54 Å². The number of nitrogens with zero attached hydrogens (tertiary/aromatic N) is 1. The average molecular weight is 290 g/mol. The normalized spacial score (nSPS) is 12.1. The summed E-state index contributed by atoms with van der Waals surface area (Å²) in [5, 5.41) is 0. The van der Waals surface area contributed by atoms with Crippen molar-refractivity contribution >= 4 is 28.9 Å². The standard InChI is InChI=1S/C12H27NO3Si2/c1-17(2,3)13(10-8-7-9-11-14)12(15)16-18(4,5)6/h11H,7-10H2,1-6H3. The molecule has 0 aliphatic rings. The molecule has 1 amide bonds. The number of aldehydes is 1. The van der Waals surface area contributed by atoms with Crippen LogP contribution in [0.25, 0.3) is 0 Å². The summed E-state index contributed by atoms with van der Waals surface area (Å²) in [5.41, 5.74) is 0. The first-order valence-electron chi connectivity index (χ1n) is 6.52. The third-order valence-corrected chi connectivity index (χ3v) is 5.19. The van der Waals surface area contributed by atoms with Crippen LogP contribution in [0.2, 0.25) is 39.3 Å². The third-order valence-electron chi connectivity index (χ3n) is 2.38. The molecule has 4 nitrogen and oxygen atoms in total. The molecule has 0 aromatic heterocycles. The van der Waals surface area contributed by atoms with E-state index in [1.54, 1.807) is 0 Å². The van der Waals surface area contributed by atoms with Crippen LogP contribution in [-0.4, -0.2) is 40.0 Å². The second-order valence-electron chi connectivity index (χ2n) is 6.47. The molecule has 0 saturated heterocycles. The number of hydrogen-bond acceptors (Lipinski definition) is 3. The van der Waals surface area contributed by atoms with Crippen LogP contribution in [0.4, 0.5) is 4.79 Å². The zero-order valence-electron chi connectivity index (χ0n) is 12.6. The molecule has 18 heavy (non-hydrogen) atoms. The molecule has 0 spiro atoms. The minimum Gasteiger partial charge on any atom is -0.505 e. The number of amides is 1. The summed E-state index contributed by atoms with van der Waals surface area (Å²) >= 11 is 0. The minimum atomic E-state index is -1.84. The second-order valence-corrected chi connectivity index (χ2v) is 15.8. The van der Waals surface area contributed by atoms with Gasteiger partial charge in [-0.2, -0.15) is 0 Å². The van der Waals surface area contributed by atoms with Gasteiger partial charge in [-0.15, -0.1) is 0 Å². The van der Waals surface area contributed by atoms with Gasteiger partial charge in [0.25, 0.3) is 0 Å². The van der Waals surface area contributed by atoms with Crippen molar-refractivity contribution in [3.05, 3.63) is 0 Å². The third kappa shape index (κ3) is 7.65. The Morgan fingerprint density at radius 1 is 1.11 bits per heavy atom. The fourth-order valence-electron chi connectivity index (χ4n) is 1.52. The Kier molecular flexibility index (Phi) is 6.84. The molecule has 6 heteroatoms. The Balaban J connectivity index is 4.50. The quantitative estimate of drug-likeness (QED) is 0.409. The number of carbonyl (C=O) groups excluding carboxylic acids is 2. The summed E-state index contributed by atoms with van der Waals surface area (Å²) in [4.78, 5) is 22.4. The molecule has 0 radical (unpaired) electrons. The fraction of sp³-hybridized carbons (Fsp3) is 0.833. The molecule has 0 heterocycles. The van der Waals surface area contributed by atoms with Crippen LogP contribution in [0.3, 0.4) is 0 Å². The monoisotopic (exact) mass is 289 g/mol. The zero-order chi connectivity index (χ0) is 14.4. The lowest BCUT2D eigenvalue weighted by molar-refractivity contribution is -0.107. The zero-order valence-corrected chi connectivity index (χ0v) is 14.6. The lowest BCUT2D eigenvalue weighted by atomic mass is 10.2. The maximum atomic E-state index is 12.2. The lowest BCUT2D eigenvalue weighted by Gasteiger charge is -2.35. The first-order chi connectivity index (χ1) is 8.08. The van der Waals surface area contributed by atoms with Crippen LogP contribution in [0.5, 0.6) is 0 Å². The minimum absolute atomic E-state index is 0.167. The Morgan fingerprint density at radius 2 is 1.67 bits per heavy atom. The number of hydrogen-bond donors (Lipinski definition) is 0. The van der Waals surface area contributed by atoms with Crippen molar-refractivity contribution in [1.29, 1.82) is 0 Å². The molecule has 0 fully saturated rings. The molecular weight excluding hydrogens is 262 g/mol. The summed E-state index contributed by atoms with van der Waals surface area (Å²) in [5.74, 6) is 0. The first kappa shape index (κ1) is 17.4. The van der Waals surface area contributed by atoms with E-state index < -0.39 is 16.6 Å². The number of rotatable bonds is 7. The number of unbranched alkanes of at least 4 members (excludes halogenated alkanes) is 2. The van der Waals surface area contributed by atoms with E-state index >= 15 is 0 Å². The molecule has 0 aliphatic carbocycles. The van der Waals surface area contributed by atoms with Gasteiger partial charge < -0.3 is 13.8 Å². The first-order valence-corrected chi connectivity index (χ1v) is 13.4. The van der Waals surface area contributed by atoms with Crippen molar-refractivity contribution in [3.8, 4) is 0 Å². The second kappa shape index (κ2) is 7.08. The summed E-state index contributed by atoms with van der Waals surface area (Å²) < 4.78 is 7.47. The highest BCUT2D eigenvalue weighted by Gasteiger charge is 2.32. The Bertz CT molecular complexity index is 282. The van der Waals surface area contributed by atoms with Gasteiger partial charge in [-0.1, -0.05) is 19.6 Å². The summed E-state index contributed by atoms with van der Waals surface area (Å²) in [7, 11) is -3.56. The van der Waals surface area contributed by atoms with Gasteiger partial charge in [-0.3, -0.25) is 0 Å². The predicted molar refractivity (Wildman–Crippen MR) is 79.8 cm³/mol. The molecule has 106 valence electrons. The Hall–Kier alpha value is -0.626. The van der Waals surface area contributed by atoms with E-state index in [0.29, 0.717) is 13.0 Å². The van der Waals surface area contributed by atoms with Gasteiger partial charge in [0.05, 0.1) is 0 Å². The topological polar surface area (TPSA) is 46.6 Å². The van der Waals surface area contributed by atoms with Gasteiger partial charge in [0.15, 0.2) is 8.24 Å². The van der Waals surface area contributed by atoms with Crippen molar-refractivity contribution < 1.29 is 14.0 Å². The van der Waals surface area contributed by atoms with Crippen LogP contribution in [0.15, 0.2) is 0 Å². The van der Waals surface area contributed by atoms with E-state index in [9.17, 15) is 9.59 Å². The van der Waals surface area contributed by atoms with Gasteiger partial charge >= 0.3 is 6.09 Å². The van der Waals surface area contributed by atoms with Gasteiger partial charge in [0.1, 0.15) is 6.29 Å². The SMILES string of the molecule is C[Si](C)(C)OC(=O)N(CCCCC=O)[Si](C)(C)C. The van der Waals surface area contributed by atoms with Crippen molar-refractivity contribution in [2.24, 2.45) is 0 Å². The largest absolute Gasteiger partial charge is 0.505 e. The maximum Gasteiger partial charge on any atom is 0.388 e. The van der Waals surface area contributed by atoms with E-state index in [0.717, 1.165) is 19.1 Å². The molecule has 0 bridgehead atoms. The summed E-state index contributed by atoms with van der Waals surface area (Å²) in [6.45, 7) is 13.2. The van der Waals surface area contributed by atoms with Crippen molar-refractivity contribution in [1.82, 2.24) is 4.57 Å². The molecule has 0 N–H and O–H groups in total. The van der Waals surface area contributed by atoms with Gasteiger partial charge in [-0.05, 0) is 32.5 Å². The molecule has 0 unspecified atom stereocenters. The molecule has 0 aromatic rings. The molecular formula is C12H27NO3Si2. The smallest absolute Gasteiger partial charge is 0.388 e. The summed E-state index contributed by atoms with van der Waals surface area (Å²) in [6.07, 6.45) is 3.04. The van der Waals surface area contributed by atoms with Crippen LogP contribution in [0, 0.1) is 0 Å². The fourth-order valence-corrected chi connectivity index (χ4v) is 3.66. The molecule has 0 rings (SSSR count). The van der Waals surface area contributed by atoms with E-state index in [2.05, 4.69) is 19.6 Å². The van der Waals surface area contributed by atoms with Crippen molar-refractivity contribution in [2.45, 2.75) is 58.5 Å². The van der Waals surface area contributed by atoms with Crippen LogP contribution < -0.4 is 0 Å². The van der Waals surface area contributed by atoms with Crippen LogP contribution in [-0.2, 0) is 9.22 Å². The Labute approximate surface area is 113 Å². The number of carbonyl (C=O) groups is 2. The van der Waals surface area contributed by atoms with E-state index in [4.69, 9.17) is 4.43 Å².